The average Bonchev–Trinajstić information content (AvgIpc) is 3.13. The van der Waals surface area contributed by atoms with E-state index in [1.807, 2.05) is 4.72 Å². The number of nitrogens with zero attached hydrogens (tertiary/aromatic N) is 3. The first kappa shape index (κ1) is 23.2. The zero-order valence-electron chi connectivity index (χ0n) is 17.1. The highest BCUT2D eigenvalue weighted by molar-refractivity contribution is 7.90. The van der Waals surface area contributed by atoms with Gasteiger partial charge in [0, 0.05) is 36.8 Å². The van der Waals surface area contributed by atoms with Gasteiger partial charge in [0.05, 0.1) is 5.75 Å². The number of halogens is 3. The molecule has 0 atom stereocenters. The lowest BCUT2D eigenvalue weighted by molar-refractivity contribution is -0.140. The second-order valence-electron chi connectivity index (χ2n) is 7.00. The molecule has 32 heavy (non-hydrogen) atoms. The highest BCUT2D eigenvalue weighted by atomic mass is 32.2. The number of benzene rings is 1. The van der Waals surface area contributed by atoms with Gasteiger partial charge in [0.15, 0.2) is 5.69 Å². The monoisotopic (exact) mass is 464 g/mol. The van der Waals surface area contributed by atoms with Crippen LogP contribution in [0.15, 0.2) is 55.0 Å². The minimum atomic E-state index is -4.61. The van der Waals surface area contributed by atoms with Crippen LogP contribution in [-0.4, -0.2) is 34.6 Å². The number of amides is 1. The molecule has 1 N–H and O–H groups in total. The van der Waals surface area contributed by atoms with Gasteiger partial charge in [-0.3, -0.25) is 19.1 Å². The van der Waals surface area contributed by atoms with Crippen molar-refractivity contribution >= 4 is 22.0 Å². The van der Waals surface area contributed by atoms with Gasteiger partial charge in [-0.1, -0.05) is 24.3 Å². The van der Waals surface area contributed by atoms with Crippen LogP contribution < -0.4 is 4.72 Å². The summed E-state index contributed by atoms with van der Waals surface area (Å²) in [5.41, 5.74) is 1.25. The molecule has 1 aromatic carbocycles. The van der Waals surface area contributed by atoms with Gasteiger partial charge in [0.1, 0.15) is 5.82 Å². The summed E-state index contributed by atoms with van der Waals surface area (Å²) in [5.74, 6) is -0.978. The topological polar surface area (TPSA) is 94.0 Å². The number of sulfonamides is 1. The van der Waals surface area contributed by atoms with Gasteiger partial charge in [-0.2, -0.15) is 13.2 Å². The Morgan fingerprint density at radius 1 is 1.19 bits per heavy atom. The smallest absolute Gasteiger partial charge is 0.299 e. The second-order valence-corrected chi connectivity index (χ2v) is 8.77. The summed E-state index contributed by atoms with van der Waals surface area (Å²) in [6.07, 6.45) is 2.24. The van der Waals surface area contributed by atoms with Crippen molar-refractivity contribution in [1.29, 1.82) is 0 Å². The molecule has 0 bridgehead atoms. The number of nitrogens with one attached hydrogen (secondary N) is 1. The number of carbonyl (C=O) groups is 1. The van der Waals surface area contributed by atoms with Gasteiger partial charge in [0.25, 0.3) is 0 Å². The van der Waals surface area contributed by atoms with E-state index in [1.54, 1.807) is 43.5 Å². The predicted octanol–water partition coefficient (Wildman–Crippen LogP) is 3.74. The summed E-state index contributed by atoms with van der Waals surface area (Å²) in [7, 11) is -3.76. The number of hydrogen-bond acceptors (Lipinski definition) is 5. The standard InChI is InChI=1S/C21H19F3N4O3S/c1-14-10-17(12-25-11-14)20-26-19(21(22,23)24)13-28(20)18-7-5-16(6-8-18)4-3-9-32(30,31)27-15(2)29/h3-8,10-13H,9H2,1-2H3,(H,27,29). The third-order valence-corrected chi connectivity index (χ3v) is 5.46. The van der Waals surface area contributed by atoms with Crippen LogP contribution >= 0.6 is 0 Å². The van der Waals surface area contributed by atoms with E-state index in [0.29, 0.717) is 16.8 Å². The Morgan fingerprint density at radius 3 is 2.47 bits per heavy atom. The van der Waals surface area contributed by atoms with Crippen LogP contribution in [0.4, 0.5) is 13.2 Å². The van der Waals surface area contributed by atoms with Crippen LogP contribution in [0, 0.1) is 6.92 Å². The third-order valence-electron chi connectivity index (χ3n) is 4.23. The van der Waals surface area contributed by atoms with Gasteiger partial charge in [-0.15, -0.1) is 0 Å². The van der Waals surface area contributed by atoms with E-state index >= 15 is 0 Å². The first-order valence-corrected chi connectivity index (χ1v) is 11.0. The molecule has 0 fully saturated rings. The Kier molecular flexibility index (Phi) is 6.49. The van der Waals surface area contributed by atoms with Crippen molar-refractivity contribution in [3.05, 3.63) is 71.8 Å². The van der Waals surface area contributed by atoms with E-state index in [1.165, 1.54) is 22.9 Å². The molecule has 2 heterocycles. The quantitative estimate of drug-likeness (QED) is 0.600. The first-order chi connectivity index (χ1) is 14.9. The molecule has 2 aromatic heterocycles. The van der Waals surface area contributed by atoms with E-state index in [9.17, 15) is 26.4 Å². The number of hydrogen-bond donors (Lipinski definition) is 1. The zero-order chi connectivity index (χ0) is 23.5. The highest BCUT2D eigenvalue weighted by Crippen LogP contribution is 2.32. The molecule has 168 valence electrons. The molecule has 0 radical (unpaired) electrons. The number of carbonyl (C=O) groups excluding carboxylic acids is 1. The van der Waals surface area contributed by atoms with E-state index in [-0.39, 0.29) is 5.82 Å². The van der Waals surface area contributed by atoms with E-state index < -0.39 is 33.6 Å². The van der Waals surface area contributed by atoms with Gasteiger partial charge >= 0.3 is 6.18 Å². The van der Waals surface area contributed by atoms with E-state index in [0.717, 1.165) is 18.7 Å². The molecular weight excluding hydrogens is 445 g/mol. The molecule has 0 aliphatic rings. The molecular formula is C21H19F3N4O3S. The molecule has 7 nitrogen and oxygen atoms in total. The largest absolute Gasteiger partial charge is 0.434 e. The Labute approximate surface area is 182 Å². The molecule has 3 aromatic rings. The summed E-state index contributed by atoms with van der Waals surface area (Å²) >= 11 is 0. The van der Waals surface area contributed by atoms with Gasteiger partial charge in [0.2, 0.25) is 15.9 Å². The van der Waals surface area contributed by atoms with Crippen molar-refractivity contribution in [2.24, 2.45) is 0 Å². The minimum absolute atomic E-state index is 0.0956. The number of pyridine rings is 1. The van der Waals surface area contributed by atoms with Gasteiger partial charge in [-0.05, 0) is 36.2 Å². The average molecular weight is 464 g/mol. The third kappa shape index (κ3) is 5.82. The zero-order valence-corrected chi connectivity index (χ0v) is 17.9. The van der Waals surface area contributed by atoms with Gasteiger partial charge < -0.3 is 0 Å². The molecule has 0 spiro atoms. The van der Waals surface area contributed by atoms with Crippen LogP contribution in [0.25, 0.3) is 23.2 Å². The van der Waals surface area contributed by atoms with Crippen molar-refractivity contribution in [2.75, 3.05) is 5.75 Å². The van der Waals surface area contributed by atoms with Crippen molar-refractivity contribution < 1.29 is 26.4 Å². The van der Waals surface area contributed by atoms with Crippen molar-refractivity contribution in [2.45, 2.75) is 20.0 Å². The fraction of sp³-hybridized carbons (Fsp3) is 0.190. The lowest BCUT2D eigenvalue weighted by atomic mass is 10.1. The summed E-state index contributed by atoms with van der Waals surface area (Å²) in [6.45, 7) is 2.88. The van der Waals surface area contributed by atoms with E-state index in [4.69, 9.17) is 0 Å². The van der Waals surface area contributed by atoms with E-state index in [2.05, 4.69) is 9.97 Å². The predicted molar refractivity (Wildman–Crippen MR) is 113 cm³/mol. The summed E-state index contributed by atoms with van der Waals surface area (Å²) in [4.78, 5) is 18.7. The van der Waals surface area contributed by atoms with Crippen molar-refractivity contribution in [1.82, 2.24) is 19.3 Å². The maximum Gasteiger partial charge on any atom is 0.434 e. The Morgan fingerprint density at radius 2 is 1.88 bits per heavy atom. The maximum atomic E-state index is 13.3. The lowest BCUT2D eigenvalue weighted by Crippen LogP contribution is -2.29. The number of aryl methyl sites for hydroxylation is 1. The Bertz CT molecular complexity index is 1260. The molecule has 3 rings (SSSR count). The summed E-state index contributed by atoms with van der Waals surface area (Å²) < 4.78 is 66.4. The number of imidazole rings is 1. The van der Waals surface area contributed by atoms with Crippen LogP contribution in [0.1, 0.15) is 23.7 Å². The van der Waals surface area contributed by atoms with Crippen LogP contribution in [0.3, 0.4) is 0 Å². The molecule has 0 unspecified atom stereocenters. The minimum Gasteiger partial charge on any atom is -0.299 e. The molecule has 0 aliphatic carbocycles. The number of aromatic nitrogens is 3. The summed E-state index contributed by atoms with van der Waals surface area (Å²) in [5, 5.41) is 0. The lowest BCUT2D eigenvalue weighted by Gasteiger charge is -2.08. The first-order valence-electron chi connectivity index (χ1n) is 9.31. The normalized spacial score (nSPS) is 12.3. The van der Waals surface area contributed by atoms with Crippen LogP contribution in [-0.2, 0) is 21.0 Å². The molecule has 0 saturated carbocycles. The van der Waals surface area contributed by atoms with Crippen molar-refractivity contribution in [3.8, 4) is 17.1 Å². The van der Waals surface area contributed by atoms with Crippen molar-refractivity contribution in [3.63, 3.8) is 0 Å². The fourth-order valence-corrected chi connectivity index (χ4v) is 3.78. The second kappa shape index (κ2) is 8.95. The number of alkyl halides is 3. The SMILES string of the molecule is CC(=O)NS(=O)(=O)CC=Cc1ccc(-n2cc(C(F)(F)F)nc2-c2cncc(C)c2)cc1. The van der Waals surface area contributed by atoms with Gasteiger partial charge in [-0.25, -0.2) is 13.4 Å². The van der Waals surface area contributed by atoms with Crippen LogP contribution in [0.5, 0.6) is 0 Å². The number of rotatable bonds is 6. The molecule has 0 aliphatic heterocycles. The molecule has 0 saturated heterocycles. The fourth-order valence-electron chi connectivity index (χ4n) is 2.91. The highest BCUT2D eigenvalue weighted by Gasteiger charge is 2.35. The Balaban J connectivity index is 1.90. The Hall–Kier alpha value is -3.47. The molecule has 11 heteroatoms. The maximum absolute atomic E-state index is 13.3. The van der Waals surface area contributed by atoms with Crippen LogP contribution in [0.2, 0.25) is 0 Å². The molecule has 1 amide bonds. The summed E-state index contributed by atoms with van der Waals surface area (Å²) in [6, 6.07) is 8.14.